The van der Waals surface area contributed by atoms with E-state index in [0.717, 1.165) is 11.1 Å². The van der Waals surface area contributed by atoms with Crippen molar-refractivity contribution in [2.45, 2.75) is 37.5 Å². The van der Waals surface area contributed by atoms with Gasteiger partial charge in [-0.2, -0.15) is 0 Å². The van der Waals surface area contributed by atoms with E-state index in [1.807, 2.05) is 30.3 Å². The number of halogens is 1. The highest BCUT2D eigenvalue weighted by molar-refractivity contribution is 7.92. The number of rotatable bonds is 10. The molecule has 39 heavy (non-hydrogen) atoms. The molecule has 1 aliphatic heterocycles. The van der Waals surface area contributed by atoms with Crippen molar-refractivity contribution in [1.82, 2.24) is 4.31 Å². The Morgan fingerprint density at radius 3 is 2.44 bits per heavy atom. The molecule has 3 aromatic rings. The first-order chi connectivity index (χ1) is 18.5. The molecule has 3 aromatic carbocycles. The van der Waals surface area contributed by atoms with Gasteiger partial charge in [0.1, 0.15) is 0 Å². The van der Waals surface area contributed by atoms with Crippen molar-refractivity contribution in [3.8, 4) is 0 Å². The van der Waals surface area contributed by atoms with E-state index in [1.54, 1.807) is 25.1 Å². The molecular weight excluding hydrogens is 558 g/mol. The van der Waals surface area contributed by atoms with Crippen molar-refractivity contribution in [3.63, 3.8) is 0 Å². The predicted molar refractivity (Wildman–Crippen MR) is 155 cm³/mol. The van der Waals surface area contributed by atoms with E-state index in [-0.39, 0.29) is 23.1 Å². The van der Waals surface area contributed by atoms with E-state index in [4.69, 9.17) is 11.6 Å². The summed E-state index contributed by atoms with van der Waals surface area (Å²) in [6, 6.07) is 20.5. The molecule has 1 aliphatic rings. The minimum absolute atomic E-state index is 0.0327. The standard InChI is InChI=1S/C28H32ClN3O5S2/c1-21-11-12-24(29)19-27(21)31-39(36,37)26-15-13-25(14-16-26)30-28(33)23-10-5-17-32(20-23)38(34,35)18-6-9-22-7-3-2-4-8-22/h2-4,7-8,11-16,19,23,31H,5-6,9-10,17-18,20H2,1H3,(H,30,33). The number of amides is 1. The molecule has 1 heterocycles. The third kappa shape index (κ3) is 7.82. The minimum Gasteiger partial charge on any atom is -0.326 e. The van der Waals surface area contributed by atoms with Crippen molar-refractivity contribution in [2.24, 2.45) is 5.92 Å². The van der Waals surface area contributed by atoms with Gasteiger partial charge in [-0.25, -0.2) is 21.1 Å². The second kappa shape index (κ2) is 12.5. The first-order valence-corrected chi connectivity index (χ1v) is 16.2. The van der Waals surface area contributed by atoms with Crippen LogP contribution in [0.2, 0.25) is 5.02 Å². The van der Waals surface area contributed by atoms with Crippen LogP contribution in [-0.2, 0) is 31.3 Å². The number of nitrogens with zero attached hydrogens (tertiary/aromatic N) is 1. The van der Waals surface area contributed by atoms with E-state index in [9.17, 15) is 21.6 Å². The lowest BCUT2D eigenvalue weighted by molar-refractivity contribution is -0.120. The van der Waals surface area contributed by atoms with Crippen LogP contribution in [-0.4, -0.2) is 45.9 Å². The van der Waals surface area contributed by atoms with Crippen molar-refractivity contribution in [3.05, 3.63) is 88.9 Å². The summed E-state index contributed by atoms with van der Waals surface area (Å²) < 4.78 is 55.5. The average Bonchev–Trinajstić information content (AvgIpc) is 2.91. The van der Waals surface area contributed by atoms with E-state index in [2.05, 4.69) is 10.0 Å². The lowest BCUT2D eigenvalue weighted by atomic mass is 9.99. The molecule has 0 radical (unpaired) electrons. The maximum absolute atomic E-state index is 13.0. The fourth-order valence-electron chi connectivity index (χ4n) is 4.51. The zero-order chi connectivity index (χ0) is 28.0. The Hall–Kier alpha value is -2.92. The van der Waals surface area contributed by atoms with Gasteiger partial charge >= 0.3 is 0 Å². The molecule has 11 heteroatoms. The summed E-state index contributed by atoms with van der Waals surface area (Å²) in [6.45, 7) is 2.31. The highest BCUT2D eigenvalue weighted by Gasteiger charge is 2.32. The molecule has 2 N–H and O–H groups in total. The quantitative estimate of drug-likeness (QED) is 0.343. The zero-order valence-corrected chi connectivity index (χ0v) is 24.0. The van der Waals surface area contributed by atoms with Gasteiger partial charge in [-0.05, 0) is 80.1 Å². The molecule has 0 aromatic heterocycles. The number of aryl methyl sites for hydroxylation is 2. The third-order valence-electron chi connectivity index (χ3n) is 6.73. The number of benzene rings is 3. The van der Waals surface area contributed by atoms with Crippen LogP contribution in [0.3, 0.4) is 0 Å². The maximum atomic E-state index is 13.0. The minimum atomic E-state index is -3.86. The van der Waals surface area contributed by atoms with E-state index < -0.39 is 26.0 Å². The van der Waals surface area contributed by atoms with E-state index >= 15 is 0 Å². The fraction of sp³-hybridized carbons (Fsp3) is 0.321. The molecule has 8 nitrogen and oxygen atoms in total. The Morgan fingerprint density at radius 1 is 1.00 bits per heavy atom. The molecule has 1 saturated heterocycles. The molecule has 1 amide bonds. The maximum Gasteiger partial charge on any atom is 0.261 e. The summed E-state index contributed by atoms with van der Waals surface area (Å²) in [7, 11) is -7.34. The van der Waals surface area contributed by atoms with Crippen LogP contribution in [0.5, 0.6) is 0 Å². The van der Waals surface area contributed by atoms with Crippen LogP contribution in [0.25, 0.3) is 0 Å². The fourth-order valence-corrected chi connectivity index (χ4v) is 7.39. The van der Waals surface area contributed by atoms with Crippen molar-refractivity contribution >= 4 is 48.9 Å². The Kier molecular flexibility index (Phi) is 9.32. The first-order valence-electron chi connectivity index (χ1n) is 12.8. The SMILES string of the molecule is Cc1ccc(Cl)cc1NS(=O)(=O)c1ccc(NC(=O)C2CCCN(S(=O)(=O)CCCc3ccccc3)C2)cc1. The van der Waals surface area contributed by atoms with Gasteiger partial charge in [0.15, 0.2) is 0 Å². The Balaban J connectivity index is 1.33. The number of carbonyl (C=O) groups excluding carboxylic acids is 1. The highest BCUT2D eigenvalue weighted by atomic mass is 35.5. The van der Waals surface area contributed by atoms with E-state index in [1.165, 1.54) is 28.6 Å². The molecule has 208 valence electrons. The van der Waals surface area contributed by atoms with Crippen molar-refractivity contribution < 1.29 is 21.6 Å². The topological polar surface area (TPSA) is 113 Å². The molecule has 0 bridgehead atoms. The Labute approximate surface area is 235 Å². The third-order valence-corrected chi connectivity index (χ3v) is 10.3. The normalized spacial score (nSPS) is 16.5. The lowest BCUT2D eigenvalue weighted by Gasteiger charge is -2.31. The second-order valence-electron chi connectivity index (χ2n) is 9.68. The monoisotopic (exact) mass is 589 g/mol. The summed E-state index contributed by atoms with van der Waals surface area (Å²) >= 11 is 5.99. The van der Waals surface area contributed by atoms with Crippen molar-refractivity contribution in [1.29, 1.82) is 0 Å². The Bertz CT molecular complexity index is 1510. The summed E-state index contributed by atoms with van der Waals surface area (Å²) in [5.74, 6) is -0.740. The van der Waals surface area contributed by atoms with Gasteiger partial charge in [0, 0.05) is 23.8 Å². The largest absolute Gasteiger partial charge is 0.326 e. The second-order valence-corrected chi connectivity index (χ2v) is 13.9. The number of carbonyl (C=O) groups is 1. The zero-order valence-electron chi connectivity index (χ0n) is 21.6. The van der Waals surface area contributed by atoms with Crippen LogP contribution < -0.4 is 10.0 Å². The molecule has 0 aliphatic carbocycles. The number of anilines is 2. The van der Waals surface area contributed by atoms with Crippen LogP contribution in [0, 0.1) is 12.8 Å². The van der Waals surface area contributed by atoms with Gasteiger partial charge in [0.25, 0.3) is 10.0 Å². The van der Waals surface area contributed by atoms with Gasteiger partial charge in [0.2, 0.25) is 15.9 Å². The number of hydrogen-bond donors (Lipinski definition) is 2. The van der Waals surface area contributed by atoms with Gasteiger partial charge in [-0.15, -0.1) is 0 Å². The van der Waals surface area contributed by atoms with Gasteiger partial charge in [0.05, 0.1) is 22.3 Å². The summed E-state index contributed by atoms with van der Waals surface area (Å²) in [4.78, 5) is 13.0. The lowest BCUT2D eigenvalue weighted by Crippen LogP contribution is -2.44. The molecule has 0 saturated carbocycles. The van der Waals surface area contributed by atoms with Crippen molar-refractivity contribution in [2.75, 3.05) is 28.9 Å². The van der Waals surface area contributed by atoms with Crippen LogP contribution in [0.1, 0.15) is 30.4 Å². The van der Waals surface area contributed by atoms with Gasteiger partial charge in [-0.3, -0.25) is 9.52 Å². The molecule has 0 spiro atoms. The molecule has 4 rings (SSSR count). The Morgan fingerprint density at radius 2 is 1.72 bits per heavy atom. The smallest absolute Gasteiger partial charge is 0.261 e. The van der Waals surface area contributed by atoms with Crippen LogP contribution in [0.15, 0.2) is 77.7 Å². The van der Waals surface area contributed by atoms with E-state index in [0.29, 0.717) is 48.6 Å². The number of nitrogens with one attached hydrogen (secondary N) is 2. The van der Waals surface area contributed by atoms with Gasteiger partial charge in [-0.1, -0.05) is 48.0 Å². The number of hydrogen-bond acceptors (Lipinski definition) is 5. The van der Waals surface area contributed by atoms with Crippen LogP contribution >= 0.6 is 11.6 Å². The first kappa shape index (κ1) is 29.1. The highest BCUT2D eigenvalue weighted by Crippen LogP contribution is 2.25. The summed E-state index contributed by atoms with van der Waals surface area (Å²) in [5, 5.41) is 3.21. The molecule has 1 unspecified atom stereocenters. The molecular formula is C28H32ClN3O5S2. The van der Waals surface area contributed by atoms with Crippen LogP contribution in [0.4, 0.5) is 11.4 Å². The molecule has 1 fully saturated rings. The summed E-state index contributed by atoms with van der Waals surface area (Å²) in [5.41, 5.74) is 2.64. The predicted octanol–water partition coefficient (Wildman–Crippen LogP) is 5.06. The molecule has 1 atom stereocenters. The number of piperidine rings is 1. The number of sulfonamides is 2. The van der Waals surface area contributed by atoms with Gasteiger partial charge < -0.3 is 5.32 Å². The average molecular weight is 590 g/mol. The summed E-state index contributed by atoms with van der Waals surface area (Å²) in [6.07, 6.45) is 2.37.